The number of ether oxygens (including phenoxy) is 2. The molecule has 0 aliphatic rings. The zero-order chi connectivity index (χ0) is 20.2. The van der Waals surface area contributed by atoms with E-state index in [0.717, 1.165) is 0 Å². The van der Waals surface area contributed by atoms with Crippen LogP contribution in [0.2, 0.25) is 0 Å². The molecule has 0 aromatic heterocycles. The number of nitrogens with zero attached hydrogens (tertiary/aromatic N) is 2. The van der Waals surface area contributed by atoms with Gasteiger partial charge in [0.05, 0.1) is 25.4 Å². The molecule has 28 heavy (non-hydrogen) atoms. The summed E-state index contributed by atoms with van der Waals surface area (Å²) in [4.78, 5) is 24.1. The Morgan fingerprint density at radius 2 is 1.07 bits per heavy atom. The van der Waals surface area contributed by atoms with Crippen molar-refractivity contribution in [1.29, 1.82) is 10.5 Å². The molecule has 0 bridgehead atoms. The lowest BCUT2D eigenvalue weighted by atomic mass is 10.0. The summed E-state index contributed by atoms with van der Waals surface area (Å²) in [5.74, 6) is -3.11. The van der Waals surface area contributed by atoms with E-state index in [0.29, 0.717) is 24.0 Å². The predicted octanol–water partition coefficient (Wildman–Crippen LogP) is 3.47. The molecule has 2 unspecified atom stereocenters. The summed E-state index contributed by atoms with van der Waals surface area (Å²) in [6.07, 6.45) is 0.961. The van der Waals surface area contributed by atoms with Gasteiger partial charge in [-0.3, -0.25) is 9.59 Å². The first-order valence-corrected chi connectivity index (χ1v) is 8.89. The van der Waals surface area contributed by atoms with Gasteiger partial charge in [-0.1, -0.05) is 60.7 Å². The van der Waals surface area contributed by atoms with Crippen molar-refractivity contribution in [2.75, 3.05) is 13.2 Å². The molecular weight excluding hydrogens is 356 g/mol. The minimum atomic E-state index is -0.957. The molecular formula is C22H20N2O4. The number of carbonyl (C=O) groups is 2. The summed E-state index contributed by atoms with van der Waals surface area (Å²) in [5, 5.41) is 18.4. The summed E-state index contributed by atoms with van der Waals surface area (Å²) < 4.78 is 10.3. The molecule has 142 valence electrons. The number of hydrogen-bond donors (Lipinski definition) is 0. The second kappa shape index (κ2) is 11.2. The molecule has 0 N–H and O–H groups in total. The lowest BCUT2D eigenvalue weighted by Gasteiger charge is -2.11. The highest BCUT2D eigenvalue weighted by Crippen LogP contribution is 2.17. The van der Waals surface area contributed by atoms with Crippen molar-refractivity contribution >= 4 is 11.9 Å². The van der Waals surface area contributed by atoms with Crippen LogP contribution in [0, 0.1) is 22.7 Å². The van der Waals surface area contributed by atoms with Crippen LogP contribution in [0.3, 0.4) is 0 Å². The normalized spacial score (nSPS) is 12.1. The minimum Gasteiger partial charge on any atom is -0.464 e. The molecule has 6 heteroatoms. The van der Waals surface area contributed by atoms with E-state index in [2.05, 4.69) is 0 Å². The van der Waals surface area contributed by atoms with Gasteiger partial charge < -0.3 is 9.47 Å². The highest BCUT2D eigenvalue weighted by atomic mass is 16.5. The van der Waals surface area contributed by atoms with Crippen LogP contribution >= 0.6 is 0 Å². The molecule has 0 aliphatic carbocycles. The number of unbranched alkanes of at least 4 members (excludes halogenated alkanes) is 1. The van der Waals surface area contributed by atoms with Gasteiger partial charge in [0, 0.05) is 0 Å². The molecule has 0 fully saturated rings. The van der Waals surface area contributed by atoms with Crippen LogP contribution in [0.15, 0.2) is 60.7 Å². The Morgan fingerprint density at radius 3 is 1.39 bits per heavy atom. The maximum atomic E-state index is 12.0. The molecule has 0 aliphatic heterocycles. The molecule has 2 aromatic rings. The van der Waals surface area contributed by atoms with Crippen molar-refractivity contribution < 1.29 is 19.1 Å². The topological polar surface area (TPSA) is 100 Å². The fraction of sp³-hybridized carbons (Fsp3) is 0.273. The van der Waals surface area contributed by atoms with Gasteiger partial charge in [0.25, 0.3) is 0 Å². The highest BCUT2D eigenvalue weighted by Gasteiger charge is 2.22. The van der Waals surface area contributed by atoms with E-state index >= 15 is 0 Å². The van der Waals surface area contributed by atoms with E-state index in [1.54, 1.807) is 60.7 Å². The number of esters is 2. The van der Waals surface area contributed by atoms with E-state index in [1.807, 2.05) is 12.1 Å². The number of benzene rings is 2. The van der Waals surface area contributed by atoms with Crippen LogP contribution in [0.5, 0.6) is 0 Å². The predicted molar refractivity (Wildman–Crippen MR) is 101 cm³/mol. The number of rotatable bonds is 9. The Labute approximate surface area is 163 Å². The second-order valence-electron chi connectivity index (χ2n) is 5.99. The SMILES string of the molecule is N#CC(C(=O)OCCCCOC(=O)C(C#N)c1ccccc1)c1ccccc1. The van der Waals surface area contributed by atoms with Crippen LogP contribution in [0.4, 0.5) is 0 Å². The van der Waals surface area contributed by atoms with Crippen molar-refractivity contribution in [3.63, 3.8) is 0 Å². The Morgan fingerprint density at radius 1 is 0.714 bits per heavy atom. The molecule has 0 radical (unpaired) electrons. The van der Waals surface area contributed by atoms with Crippen LogP contribution < -0.4 is 0 Å². The smallest absolute Gasteiger partial charge is 0.327 e. The maximum absolute atomic E-state index is 12.0. The van der Waals surface area contributed by atoms with Crippen LogP contribution in [0.25, 0.3) is 0 Å². The second-order valence-corrected chi connectivity index (χ2v) is 5.99. The van der Waals surface area contributed by atoms with Gasteiger partial charge in [0.1, 0.15) is 0 Å². The van der Waals surface area contributed by atoms with Gasteiger partial charge in [0.15, 0.2) is 11.8 Å². The summed E-state index contributed by atoms with van der Waals surface area (Å²) in [5.41, 5.74) is 1.18. The van der Waals surface area contributed by atoms with Gasteiger partial charge in [-0.15, -0.1) is 0 Å². The van der Waals surface area contributed by atoms with E-state index in [9.17, 15) is 20.1 Å². The molecule has 0 saturated heterocycles. The molecule has 2 aromatic carbocycles. The maximum Gasteiger partial charge on any atom is 0.327 e. The van der Waals surface area contributed by atoms with E-state index in [4.69, 9.17) is 9.47 Å². The molecule has 0 amide bonds. The fourth-order valence-corrected chi connectivity index (χ4v) is 2.53. The van der Waals surface area contributed by atoms with Crippen molar-refractivity contribution in [3.05, 3.63) is 71.8 Å². The monoisotopic (exact) mass is 376 g/mol. The number of carbonyl (C=O) groups excluding carboxylic acids is 2. The van der Waals surface area contributed by atoms with Gasteiger partial charge >= 0.3 is 11.9 Å². The van der Waals surface area contributed by atoms with E-state index in [-0.39, 0.29) is 13.2 Å². The average Bonchev–Trinajstić information content (AvgIpc) is 2.73. The van der Waals surface area contributed by atoms with Crippen molar-refractivity contribution in [2.24, 2.45) is 0 Å². The largest absolute Gasteiger partial charge is 0.464 e. The van der Waals surface area contributed by atoms with Gasteiger partial charge in [-0.25, -0.2) is 0 Å². The Balaban J connectivity index is 1.69. The lowest BCUT2D eigenvalue weighted by Crippen LogP contribution is -2.17. The average molecular weight is 376 g/mol. The first-order chi connectivity index (χ1) is 13.7. The van der Waals surface area contributed by atoms with Crippen molar-refractivity contribution in [1.82, 2.24) is 0 Å². The highest BCUT2D eigenvalue weighted by molar-refractivity contribution is 5.81. The van der Waals surface area contributed by atoms with E-state index < -0.39 is 23.8 Å². The first-order valence-electron chi connectivity index (χ1n) is 8.89. The van der Waals surface area contributed by atoms with Crippen molar-refractivity contribution in [2.45, 2.75) is 24.7 Å². The third-order valence-corrected chi connectivity index (χ3v) is 4.02. The lowest BCUT2D eigenvalue weighted by molar-refractivity contribution is -0.146. The van der Waals surface area contributed by atoms with Crippen LogP contribution in [0.1, 0.15) is 35.8 Å². The Kier molecular flexibility index (Phi) is 8.23. The molecule has 2 rings (SSSR count). The molecule has 0 saturated carbocycles. The summed E-state index contributed by atoms with van der Waals surface area (Å²) in [6.45, 7) is 0.253. The minimum absolute atomic E-state index is 0.127. The molecule has 2 atom stereocenters. The first kappa shape index (κ1) is 20.7. The van der Waals surface area contributed by atoms with Gasteiger partial charge in [-0.2, -0.15) is 10.5 Å². The Hall–Kier alpha value is -3.64. The van der Waals surface area contributed by atoms with Crippen LogP contribution in [-0.4, -0.2) is 25.2 Å². The quantitative estimate of drug-likeness (QED) is 0.491. The van der Waals surface area contributed by atoms with E-state index in [1.165, 1.54) is 0 Å². The zero-order valence-electron chi connectivity index (χ0n) is 15.3. The summed E-state index contributed by atoms with van der Waals surface area (Å²) in [7, 11) is 0. The summed E-state index contributed by atoms with van der Waals surface area (Å²) in [6, 6.07) is 21.3. The third-order valence-electron chi connectivity index (χ3n) is 4.02. The van der Waals surface area contributed by atoms with Gasteiger partial charge in [-0.05, 0) is 24.0 Å². The van der Waals surface area contributed by atoms with Crippen molar-refractivity contribution in [3.8, 4) is 12.1 Å². The van der Waals surface area contributed by atoms with Gasteiger partial charge in [0.2, 0.25) is 0 Å². The standard InChI is InChI=1S/C22H20N2O4/c23-15-19(17-9-3-1-4-10-17)21(25)27-13-7-8-14-28-22(26)20(16-24)18-11-5-2-6-12-18/h1-6,9-12,19-20H,7-8,13-14H2. The van der Waals surface area contributed by atoms with Crippen LogP contribution in [-0.2, 0) is 19.1 Å². The fourth-order valence-electron chi connectivity index (χ4n) is 2.53. The zero-order valence-corrected chi connectivity index (χ0v) is 15.3. The number of hydrogen-bond acceptors (Lipinski definition) is 6. The summed E-state index contributed by atoms with van der Waals surface area (Å²) >= 11 is 0. The third kappa shape index (κ3) is 5.96. The molecule has 6 nitrogen and oxygen atoms in total. The molecule has 0 heterocycles. The number of nitriles is 2. The Bertz CT molecular complexity index is 780. The molecule has 0 spiro atoms.